The number of benzene rings is 1. The summed E-state index contributed by atoms with van der Waals surface area (Å²) < 4.78 is 10.6. The Labute approximate surface area is 95.4 Å². The highest BCUT2D eigenvalue weighted by atomic mass is 16.5. The molecule has 16 heavy (non-hydrogen) atoms. The number of nitrogens with zero attached hydrogens (tertiary/aromatic N) is 1. The molecule has 0 unspecified atom stereocenters. The number of hydrogen-bond donors (Lipinski definition) is 0. The molecular weight excluding hydrogens is 202 g/mol. The summed E-state index contributed by atoms with van der Waals surface area (Å²) in [6, 6.07) is 6.19. The van der Waals surface area contributed by atoms with Crippen molar-refractivity contribution in [2.75, 3.05) is 13.7 Å². The molecule has 0 spiro atoms. The summed E-state index contributed by atoms with van der Waals surface area (Å²) in [5.41, 5.74) is 3.09. The molecule has 0 saturated heterocycles. The van der Waals surface area contributed by atoms with Crippen LogP contribution in [0.15, 0.2) is 22.6 Å². The number of hydrogen-bond acceptors (Lipinski definition) is 3. The molecule has 0 aliphatic heterocycles. The standard InChI is InChI=1S/C13H17NO2/c1-9(2)10-4-5-12-11(8-10)14-13(16-12)6-7-15-3/h4-5,8-9H,6-7H2,1-3H3. The Bertz CT molecular complexity index is 474. The maximum absolute atomic E-state index is 5.61. The molecule has 2 aromatic rings. The Morgan fingerprint density at radius 3 is 2.88 bits per heavy atom. The Hall–Kier alpha value is -1.35. The zero-order valence-corrected chi connectivity index (χ0v) is 9.99. The molecule has 1 heterocycles. The highest BCUT2D eigenvalue weighted by molar-refractivity contribution is 5.73. The fourth-order valence-corrected chi connectivity index (χ4v) is 1.65. The minimum atomic E-state index is 0.517. The number of fused-ring (bicyclic) bond motifs is 1. The van der Waals surface area contributed by atoms with E-state index in [4.69, 9.17) is 9.15 Å². The molecule has 0 fully saturated rings. The summed E-state index contributed by atoms with van der Waals surface area (Å²) in [6.45, 7) is 4.99. The van der Waals surface area contributed by atoms with Gasteiger partial charge in [-0.1, -0.05) is 19.9 Å². The first-order valence-corrected chi connectivity index (χ1v) is 5.59. The van der Waals surface area contributed by atoms with Crippen LogP contribution in [0.5, 0.6) is 0 Å². The van der Waals surface area contributed by atoms with Crippen molar-refractivity contribution in [3.63, 3.8) is 0 Å². The molecule has 0 radical (unpaired) electrons. The van der Waals surface area contributed by atoms with Crippen molar-refractivity contribution in [1.29, 1.82) is 0 Å². The number of oxazole rings is 1. The van der Waals surface area contributed by atoms with E-state index in [9.17, 15) is 0 Å². The normalized spacial score (nSPS) is 11.5. The monoisotopic (exact) mass is 219 g/mol. The van der Waals surface area contributed by atoms with Crippen molar-refractivity contribution < 1.29 is 9.15 Å². The first kappa shape index (κ1) is 11.1. The van der Waals surface area contributed by atoms with Crippen LogP contribution in [0.2, 0.25) is 0 Å². The lowest BCUT2D eigenvalue weighted by Crippen LogP contribution is -1.93. The van der Waals surface area contributed by atoms with Crippen molar-refractivity contribution >= 4 is 11.1 Å². The molecule has 0 amide bonds. The maximum Gasteiger partial charge on any atom is 0.197 e. The van der Waals surface area contributed by atoms with Crippen LogP contribution in [-0.2, 0) is 11.2 Å². The molecule has 86 valence electrons. The second-order valence-corrected chi connectivity index (χ2v) is 4.23. The summed E-state index contributed by atoms with van der Waals surface area (Å²) in [5.74, 6) is 1.27. The SMILES string of the molecule is COCCc1nc2cc(C(C)C)ccc2o1. The van der Waals surface area contributed by atoms with E-state index in [0.717, 1.165) is 23.4 Å². The predicted molar refractivity (Wildman–Crippen MR) is 63.7 cm³/mol. The molecule has 2 rings (SSSR count). The van der Waals surface area contributed by atoms with Gasteiger partial charge in [-0.3, -0.25) is 0 Å². The Balaban J connectivity index is 2.30. The Kier molecular flexibility index (Phi) is 3.25. The van der Waals surface area contributed by atoms with Gasteiger partial charge in [-0.05, 0) is 23.6 Å². The van der Waals surface area contributed by atoms with Crippen LogP contribution in [-0.4, -0.2) is 18.7 Å². The topological polar surface area (TPSA) is 35.3 Å². The van der Waals surface area contributed by atoms with E-state index in [2.05, 4.69) is 31.0 Å². The van der Waals surface area contributed by atoms with Crippen LogP contribution in [0.25, 0.3) is 11.1 Å². The van der Waals surface area contributed by atoms with Gasteiger partial charge in [0.2, 0.25) is 0 Å². The molecule has 0 N–H and O–H groups in total. The van der Waals surface area contributed by atoms with Crippen LogP contribution in [0, 0.1) is 0 Å². The first-order valence-electron chi connectivity index (χ1n) is 5.59. The molecule has 0 aliphatic carbocycles. The summed E-state index contributed by atoms with van der Waals surface area (Å²) in [7, 11) is 1.68. The molecule has 3 nitrogen and oxygen atoms in total. The summed E-state index contributed by atoms with van der Waals surface area (Å²) in [6.07, 6.45) is 0.724. The molecule has 0 saturated carbocycles. The first-order chi connectivity index (χ1) is 7.70. The van der Waals surface area contributed by atoms with Gasteiger partial charge in [-0.2, -0.15) is 0 Å². The van der Waals surface area contributed by atoms with Crippen LogP contribution in [0.3, 0.4) is 0 Å². The third kappa shape index (κ3) is 2.25. The van der Waals surface area contributed by atoms with Crippen molar-refractivity contribution in [2.24, 2.45) is 0 Å². The minimum absolute atomic E-state index is 0.517. The van der Waals surface area contributed by atoms with Gasteiger partial charge >= 0.3 is 0 Å². The highest BCUT2D eigenvalue weighted by Crippen LogP contribution is 2.21. The molecule has 3 heteroatoms. The van der Waals surface area contributed by atoms with Crippen LogP contribution in [0.4, 0.5) is 0 Å². The molecule has 0 bridgehead atoms. The van der Waals surface area contributed by atoms with Gasteiger partial charge in [0, 0.05) is 13.5 Å². The van der Waals surface area contributed by atoms with Gasteiger partial charge in [0.1, 0.15) is 5.52 Å². The van der Waals surface area contributed by atoms with E-state index in [1.807, 2.05) is 6.07 Å². The van der Waals surface area contributed by atoms with E-state index >= 15 is 0 Å². The number of methoxy groups -OCH3 is 1. The smallest absolute Gasteiger partial charge is 0.197 e. The van der Waals surface area contributed by atoms with Gasteiger partial charge < -0.3 is 9.15 Å². The Morgan fingerprint density at radius 2 is 2.19 bits per heavy atom. The quantitative estimate of drug-likeness (QED) is 0.792. The second-order valence-electron chi connectivity index (χ2n) is 4.23. The molecule has 0 atom stereocenters. The average molecular weight is 219 g/mol. The molecule has 0 aliphatic rings. The fraction of sp³-hybridized carbons (Fsp3) is 0.462. The van der Waals surface area contributed by atoms with Crippen LogP contribution in [0.1, 0.15) is 31.2 Å². The van der Waals surface area contributed by atoms with E-state index in [0.29, 0.717) is 12.5 Å². The number of rotatable bonds is 4. The van der Waals surface area contributed by atoms with Crippen molar-refractivity contribution in [3.8, 4) is 0 Å². The second kappa shape index (κ2) is 4.66. The van der Waals surface area contributed by atoms with Gasteiger partial charge in [0.25, 0.3) is 0 Å². The zero-order chi connectivity index (χ0) is 11.5. The average Bonchev–Trinajstić information content (AvgIpc) is 2.67. The number of aromatic nitrogens is 1. The van der Waals surface area contributed by atoms with Crippen molar-refractivity contribution in [1.82, 2.24) is 4.98 Å². The van der Waals surface area contributed by atoms with Crippen molar-refractivity contribution in [2.45, 2.75) is 26.2 Å². The van der Waals surface area contributed by atoms with E-state index in [1.165, 1.54) is 5.56 Å². The van der Waals surface area contributed by atoms with E-state index in [1.54, 1.807) is 7.11 Å². The minimum Gasteiger partial charge on any atom is -0.441 e. The number of ether oxygens (including phenoxy) is 1. The zero-order valence-electron chi connectivity index (χ0n) is 9.99. The summed E-state index contributed by atoms with van der Waals surface area (Å²) in [4.78, 5) is 4.45. The molecule has 1 aromatic carbocycles. The highest BCUT2D eigenvalue weighted by Gasteiger charge is 2.07. The van der Waals surface area contributed by atoms with Crippen LogP contribution >= 0.6 is 0 Å². The lowest BCUT2D eigenvalue weighted by atomic mass is 10.0. The third-order valence-electron chi connectivity index (χ3n) is 2.64. The molecule has 1 aromatic heterocycles. The maximum atomic E-state index is 5.61. The van der Waals surface area contributed by atoms with Crippen molar-refractivity contribution in [3.05, 3.63) is 29.7 Å². The lowest BCUT2D eigenvalue weighted by molar-refractivity contribution is 0.196. The van der Waals surface area contributed by atoms with E-state index in [-0.39, 0.29) is 0 Å². The van der Waals surface area contributed by atoms with Gasteiger partial charge in [0.15, 0.2) is 11.5 Å². The Morgan fingerprint density at radius 1 is 1.38 bits per heavy atom. The van der Waals surface area contributed by atoms with Gasteiger partial charge in [0.05, 0.1) is 6.61 Å². The van der Waals surface area contributed by atoms with Gasteiger partial charge in [-0.25, -0.2) is 4.98 Å². The van der Waals surface area contributed by atoms with Gasteiger partial charge in [-0.15, -0.1) is 0 Å². The van der Waals surface area contributed by atoms with E-state index < -0.39 is 0 Å². The predicted octanol–water partition coefficient (Wildman–Crippen LogP) is 3.14. The third-order valence-corrected chi connectivity index (χ3v) is 2.64. The van der Waals surface area contributed by atoms with Crippen LogP contribution < -0.4 is 0 Å². The molecular formula is C13H17NO2. The lowest BCUT2D eigenvalue weighted by Gasteiger charge is -2.02. The largest absolute Gasteiger partial charge is 0.441 e. The fourth-order valence-electron chi connectivity index (χ4n) is 1.65. The summed E-state index contributed by atoms with van der Waals surface area (Å²) in [5, 5.41) is 0. The summed E-state index contributed by atoms with van der Waals surface area (Å²) >= 11 is 0.